The summed E-state index contributed by atoms with van der Waals surface area (Å²) >= 11 is 0. The molecule has 2 saturated heterocycles. The molecular weight excluding hydrogens is 554 g/mol. The van der Waals surface area contributed by atoms with Gasteiger partial charge in [-0.25, -0.2) is 9.97 Å². The summed E-state index contributed by atoms with van der Waals surface area (Å²) in [5.41, 5.74) is 5.11. The fourth-order valence-electron chi connectivity index (χ4n) is 6.31. The monoisotopic (exact) mass is 595 g/mol. The molecule has 0 unspecified atom stereocenters. The van der Waals surface area contributed by atoms with Crippen molar-refractivity contribution in [1.29, 1.82) is 0 Å². The van der Waals surface area contributed by atoms with Crippen LogP contribution in [0.5, 0.6) is 5.75 Å². The van der Waals surface area contributed by atoms with Gasteiger partial charge in [0.2, 0.25) is 5.91 Å². The number of aryl methyl sites for hydroxylation is 1. The van der Waals surface area contributed by atoms with Crippen molar-refractivity contribution in [3.63, 3.8) is 0 Å². The van der Waals surface area contributed by atoms with Crippen molar-refractivity contribution in [1.82, 2.24) is 29.5 Å². The number of likely N-dealkylation sites (N-methyl/N-ethyl adjacent to an activating group) is 1. The van der Waals surface area contributed by atoms with Crippen LogP contribution in [0.3, 0.4) is 0 Å². The summed E-state index contributed by atoms with van der Waals surface area (Å²) < 4.78 is 7.70. The van der Waals surface area contributed by atoms with Gasteiger partial charge in [-0.2, -0.15) is 5.10 Å². The zero-order valence-electron chi connectivity index (χ0n) is 26.0. The fraction of sp³-hybridized carbons (Fsp3) is 0.394. The molecular formula is C33H41N9O2. The number of hydrogen-bond donors (Lipinski definition) is 2. The van der Waals surface area contributed by atoms with Gasteiger partial charge in [-0.1, -0.05) is 12.6 Å². The van der Waals surface area contributed by atoms with Gasteiger partial charge in [-0.05, 0) is 51.1 Å². The number of nitrogens with zero attached hydrogens (tertiary/aromatic N) is 7. The van der Waals surface area contributed by atoms with Gasteiger partial charge in [0.25, 0.3) is 0 Å². The molecule has 4 aromatic rings. The summed E-state index contributed by atoms with van der Waals surface area (Å²) in [7, 11) is 5.79. The molecule has 2 aliphatic rings. The molecule has 1 amide bonds. The number of piperidine rings is 1. The minimum Gasteiger partial charge on any atom is -0.494 e. The SMILES string of the molecule is C=CC(=O)Nc1cc(Nc2cc(-c3ccc4c(cnn4C)c3)ncn2)c(OC)cc1N1CCC(N2CCN(C)[C@H](C)C2)CC1. The molecule has 44 heavy (non-hydrogen) atoms. The molecule has 0 bridgehead atoms. The predicted octanol–water partition coefficient (Wildman–Crippen LogP) is 4.51. The lowest BCUT2D eigenvalue weighted by Gasteiger charge is -2.45. The number of methoxy groups -OCH3 is 1. The third kappa shape index (κ3) is 6.11. The van der Waals surface area contributed by atoms with Crippen molar-refractivity contribution in [3.05, 3.63) is 61.6 Å². The number of benzene rings is 2. The van der Waals surface area contributed by atoms with Crippen LogP contribution in [0.1, 0.15) is 19.8 Å². The Morgan fingerprint density at radius 2 is 1.86 bits per heavy atom. The van der Waals surface area contributed by atoms with E-state index in [-0.39, 0.29) is 5.91 Å². The fourth-order valence-corrected chi connectivity index (χ4v) is 6.31. The Balaban J connectivity index is 1.24. The van der Waals surface area contributed by atoms with E-state index in [0.717, 1.165) is 73.4 Å². The number of hydrogen-bond acceptors (Lipinski definition) is 9. The van der Waals surface area contributed by atoms with Crippen LogP contribution < -0.4 is 20.3 Å². The van der Waals surface area contributed by atoms with Crippen LogP contribution >= 0.6 is 0 Å². The number of rotatable bonds is 8. The van der Waals surface area contributed by atoms with Crippen LogP contribution in [0.2, 0.25) is 0 Å². The van der Waals surface area contributed by atoms with E-state index in [1.165, 1.54) is 12.4 Å². The quantitative estimate of drug-likeness (QED) is 0.285. The molecule has 0 saturated carbocycles. The summed E-state index contributed by atoms with van der Waals surface area (Å²) in [6, 6.07) is 13.1. The topological polar surface area (TPSA) is 104 Å². The van der Waals surface area contributed by atoms with Gasteiger partial charge in [0.1, 0.15) is 17.9 Å². The molecule has 1 atom stereocenters. The van der Waals surface area contributed by atoms with E-state index in [9.17, 15) is 4.79 Å². The van der Waals surface area contributed by atoms with Crippen molar-refractivity contribution in [2.75, 3.05) is 62.4 Å². The van der Waals surface area contributed by atoms with Gasteiger partial charge < -0.3 is 25.2 Å². The summed E-state index contributed by atoms with van der Waals surface area (Å²) in [5, 5.41) is 11.8. The molecule has 11 heteroatoms. The summed E-state index contributed by atoms with van der Waals surface area (Å²) in [6.07, 6.45) is 6.82. The molecule has 2 aliphatic heterocycles. The van der Waals surface area contributed by atoms with E-state index in [0.29, 0.717) is 35.0 Å². The second-order valence-corrected chi connectivity index (χ2v) is 11.8. The summed E-state index contributed by atoms with van der Waals surface area (Å²) in [5.74, 6) is 0.998. The smallest absolute Gasteiger partial charge is 0.247 e. The summed E-state index contributed by atoms with van der Waals surface area (Å²) in [4.78, 5) is 28.9. The molecule has 2 fully saturated rings. The second-order valence-electron chi connectivity index (χ2n) is 11.8. The normalized spacial score (nSPS) is 18.4. The first-order valence-corrected chi connectivity index (χ1v) is 15.2. The molecule has 2 aromatic heterocycles. The lowest BCUT2D eigenvalue weighted by Crippen LogP contribution is -2.55. The molecule has 6 rings (SSSR count). The van der Waals surface area contributed by atoms with E-state index < -0.39 is 0 Å². The highest BCUT2D eigenvalue weighted by molar-refractivity contribution is 6.02. The minimum absolute atomic E-state index is 0.265. The van der Waals surface area contributed by atoms with Crippen molar-refractivity contribution < 1.29 is 9.53 Å². The van der Waals surface area contributed by atoms with E-state index in [4.69, 9.17) is 4.74 Å². The molecule has 2 N–H and O–H groups in total. The van der Waals surface area contributed by atoms with Crippen LogP contribution in [0, 0.1) is 0 Å². The van der Waals surface area contributed by atoms with Crippen molar-refractivity contribution in [2.24, 2.45) is 7.05 Å². The number of ether oxygens (including phenoxy) is 1. The highest BCUT2D eigenvalue weighted by Crippen LogP contribution is 2.40. The van der Waals surface area contributed by atoms with Gasteiger partial charge in [0, 0.05) is 74.9 Å². The number of piperazine rings is 1. The van der Waals surface area contributed by atoms with Gasteiger partial charge in [-0.3, -0.25) is 14.4 Å². The maximum Gasteiger partial charge on any atom is 0.247 e. The number of aromatic nitrogens is 4. The van der Waals surface area contributed by atoms with Gasteiger partial charge in [-0.15, -0.1) is 0 Å². The highest BCUT2D eigenvalue weighted by Gasteiger charge is 2.30. The molecule has 0 aliphatic carbocycles. The number of carbonyl (C=O) groups excluding carboxylic acids is 1. The number of carbonyl (C=O) groups is 1. The zero-order chi connectivity index (χ0) is 30.8. The van der Waals surface area contributed by atoms with Crippen molar-refractivity contribution >= 4 is 39.7 Å². The zero-order valence-corrected chi connectivity index (χ0v) is 26.0. The molecule has 230 valence electrons. The number of amides is 1. The van der Waals surface area contributed by atoms with Gasteiger partial charge in [0.05, 0.1) is 41.6 Å². The first kappa shape index (κ1) is 29.6. The van der Waals surface area contributed by atoms with Crippen molar-refractivity contribution in [3.8, 4) is 17.0 Å². The Hall–Kier alpha value is -4.48. The van der Waals surface area contributed by atoms with E-state index in [2.05, 4.69) is 67.0 Å². The Kier molecular flexibility index (Phi) is 8.49. The van der Waals surface area contributed by atoms with Gasteiger partial charge >= 0.3 is 0 Å². The maximum atomic E-state index is 12.5. The van der Waals surface area contributed by atoms with Crippen LogP contribution in [-0.2, 0) is 11.8 Å². The Labute approximate surface area is 258 Å². The van der Waals surface area contributed by atoms with Crippen LogP contribution in [0.15, 0.2) is 61.6 Å². The Morgan fingerprint density at radius 3 is 2.61 bits per heavy atom. The van der Waals surface area contributed by atoms with Gasteiger partial charge in [0.15, 0.2) is 0 Å². The molecule has 4 heterocycles. The predicted molar refractivity (Wildman–Crippen MR) is 176 cm³/mol. The Bertz CT molecular complexity index is 1660. The highest BCUT2D eigenvalue weighted by atomic mass is 16.5. The third-order valence-corrected chi connectivity index (χ3v) is 9.05. The molecule has 11 nitrogen and oxygen atoms in total. The molecule has 2 aromatic carbocycles. The number of anilines is 4. The number of fused-ring (bicyclic) bond motifs is 1. The van der Waals surface area contributed by atoms with Crippen molar-refractivity contribution in [2.45, 2.75) is 31.8 Å². The molecule has 0 spiro atoms. The van der Waals surface area contributed by atoms with Crippen LogP contribution in [0.25, 0.3) is 22.2 Å². The van der Waals surface area contributed by atoms with E-state index in [1.807, 2.05) is 48.3 Å². The largest absolute Gasteiger partial charge is 0.494 e. The molecule has 0 radical (unpaired) electrons. The lowest BCUT2D eigenvalue weighted by atomic mass is 10.00. The average molecular weight is 596 g/mol. The first-order valence-electron chi connectivity index (χ1n) is 15.2. The Morgan fingerprint density at radius 1 is 1.05 bits per heavy atom. The lowest BCUT2D eigenvalue weighted by molar-refractivity contribution is -0.111. The minimum atomic E-state index is -0.265. The van der Waals surface area contributed by atoms with E-state index in [1.54, 1.807) is 7.11 Å². The third-order valence-electron chi connectivity index (χ3n) is 9.05. The standard InChI is InChI=1S/C33H41N9O2/c1-6-33(43)38-27-16-28(37-32-17-26(34-21-35-32)23-7-8-29-24(15-23)19-36-40(29)4)31(44-5)18-30(27)41-11-9-25(10-12-41)42-14-13-39(3)22(2)20-42/h6-8,15-19,21-22,25H,1,9-14,20H2,2-5H3,(H,38,43)(H,34,35,37)/t22-/m1/s1. The van der Waals surface area contributed by atoms with Crippen LogP contribution in [0.4, 0.5) is 22.9 Å². The van der Waals surface area contributed by atoms with Crippen LogP contribution in [-0.4, -0.2) is 94.4 Å². The average Bonchev–Trinajstić information content (AvgIpc) is 3.42. The number of nitrogens with one attached hydrogen (secondary N) is 2. The maximum absolute atomic E-state index is 12.5. The van der Waals surface area contributed by atoms with E-state index >= 15 is 0 Å². The second kappa shape index (κ2) is 12.6. The summed E-state index contributed by atoms with van der Waals surface area (Å²) in [6.45, 7) is 11.1. The first-order chi connectivity index (χ1) is 21.3.